The molecule has 0 radical (unpaired) electrons. The topological polar surface area (TPSA) is 37.8 Å². The molecule has 78 valence electrons. The highest BCUT2D eigenvalue weighted by Crippen LogP contribution is 2.25. The fraction of sp³-hybridized carbons (Fsp3) is 0.200. The van der Waals surface area contributed by atoms with Crippen LogP contribution in [0.15, 0.2) is 29.8 Å². The van der Waals surface area contributed by atoms with Crippen LogP contribution in [-0.2, 0) is 0 Å². The van der Waals surface area contributed by atoms with Crippen LogP contribution in [0.1, 0.15) is 18.5 Å². The predicted molar refractivity (Wildman–Crippen MR) is 63.4 cm³/mol. The summed E-state index contributed by atoms with van der Waals surface area (Å²) < 4.78 is 0. The van der Waals surface area contributed by atoms with Gasteiger partial charge in [-0.1, -0.05) is 41.1 Å². The van der Waals surface area contributed by atoms with Gasteiger partial charge in [0.2, 0.25) is 5.13 Å². The summed E-state index contributed by atoms with van der Waals surface area (Å²) in [6.07, 6.45) is 0. The highest BCUT2D eigenvalue weighted by molar-refractivity contribution is 7.13. The average molecular weight is 240 g/mol. The zero-order valence-electron chi connectivity index (χ0n) is 8.14. The molecule has 15 heavy (non-hydrogen) atoms. The molecule has 0 saturated carbocycles. The molecule has 0 aliphatic carbocycles. The van der Waals surface area contributed by atoms with Crippen molar-refractivity contribution in [1.82, 2.24) is 10.2 Å². The van der Waals surface area contributed by atoms with Crippen LogP contribution >= 0.6 is 22.9 Å². The lowest BCUT2D eigenvalue weighted by atomic mass is 10.1. The molecule has 1 unspecified atom stereocenters. The van der Waals surface area contributed by atoms with Crippen molar-refractivity contribution in [3.8, 4) is 0 Å². The van der Waals surface area contributed by atoms with Crippen molar-refractivity contribution in [3.63, 3.8) is 0 Å². The van der Waals surface area contributed by atoms with Crippen LogP contribution in [-0.4, -0.2) is 10.2 Å². The quantitative estimate of drug-likeness (QED) is 0.893. The molecule has 5 heteroatoms. The molecular formula is C10H10ClN3S. The minimum absolute atomic E-state index is 0.131. The van der Waals surface area contributed by atoms with Gasteiger partial charge in [-0.2, -0.15) is 0 Å². The number of anilines is 1. The van der Waals surface area contributed by atoms with Gasteiger partial charge in [-0.3, -0.25) is 0 Å². The molecule has 0 bridgehead atoms. The number of benzene rings is 1. The molecule has 1 heterocycles. The van der Waals surface area contributed by atoms with Crippen LogP contribution in [0.5, 0.6) is 0 Å². The summed E-state index contributed by atoms with van der Waals surface area (Å²) in [7, 11) is 0. The van der Waals surface area contributed by atoms with Crippen LogP contribution in [0.3, 0.4) is 0 Å². The van der Waals surface area contributed by atoms with E-state index in [1.54, 1.807) is 5.51 Å². The van der Waals surface area contributed by atoms with Gasteiger partial charge in [0.1, 0.15) is 5.51 Å². The van der Waals surface area contributed by atoms with Crippen molar-refractivity contribution in [3.05, 3.63) is 40.4 Å². The predicted octanol–water partition coefficient (Wildman–Crippen LogP) is 3.36. The smallest absolute Gasteiger partial charge is 0.205 e. The van der Waals surface area contributed by atoms with E-state index in [9.17, 15) is 0 Å². The monoisotopic (exact) mass is 239 g/mol. The van der Waals surface area contributed by atoms with Gasteiger partial charge in [-0.25, -0.2) is 0 Å². The van der Waals surface area contributed by atoms with Gasteiger partial charge in [-0.05, 0) is 18.6 Å². The Hall–Kier alpha value is -1.13. The van der Waals surface area contributed by atoms with Crippen LogP contribution in [0.25, 0.3) is 0 Å². The summed E-state index contributed by atoms with van der Waals surface area (Å²) in [6.45, 7) is 2.04. The van der Waals surface area contributed by atoms with Gasteiger partial charge in [-0.15, -0.1) is 10.2 Å². The maximum absolute atomic E-state index is 6.09. The van der Waals surface area contributed by atoms with E-state index >= 15 is 0 Å². The average Bonchev–Trinajstić information content (AvgIpc) is 2.71. The summed E-state index contributed by atoms with van der Waals surface area (Å²) >= 11 is 7.56. The van der Waals surface area contributed by atoms with Crippen molar-refractivity contribution < 1.29 is 0 Å². The van der Waals surface area contributed by atoms with Gasteiger partial charge >= 0.3 is 0 Å². The molecule has 0 spiro atoms. The van der Waals surface area contributed by atoms with E-state index in [1.165, 1.54) is 11.3 Å². The van der Waals surface area contributed by atoms with Crippen molar-refractivity contribution in [2.24, 2.45) is 0 Å². The lowest BCUT2D eigenvalue weighted by Crippen LogP contribution is -2.06. The summed E-state index contributed by atoms with van der Waals surface area (Å²) in [6, 6.07) is 7.91. The Morgan fingerprint density at radius 1 is 1.40 bits per heavy atom. The van der Waals surface area contributed by atoms with Crippen LogP contribution in [0, 0.1) is 0 Å². The molecule has 0 aliphatic rings. The van der Waals surface area contributed by atoms with Gasteiger partial charge < -0.3 is 5.32 Å². The molecule has 1 aromatic carbocycles. The number of rotatable bonds is 3. The van der Waals surface area contributed by atoms with Gasteiger partial charge in [0.05, 0.1) is 6.04 Å². The first-order valence-corrected chi connectivity index (χ1v) is 5.80. The third-order valence-electron chi connectivity index (χ3n) is 2.07. The standard InChI is InChI=1S/C10H10ClN3S/c1-7(13-10-14-12-6-15-10)8-4-2-3-5-9(8)11/h2-7H,1H3,(H,13,14). The zero-order valence-corrected chi connectivity index (χ0v) is 9.72. The third kappa shape index (κ3) is 2.46. The van der Waals surface area contributed by atoms with Crippen molar-refractivity contribution in [2.75, 3.05) is 5.32 Å². The fourth-order valence-electron chi connectivity index (χ4n) is 1.33. The van der Waals surface area contributed by atoms with E-state index in [-0.39, 0.29) is 6.04 Å². The number of aromatic nitrogens is 2. The van der Waals surface area contributed by atoms with Crippen molar-refractivity contribution in [2.45, 2.75) is 13.0 Å². The van der Waals surface area contributed by atoms with E-state index in [4.69, 9.17) is 11.6 Å². The van der Waals surface area contributed by atoms with Crippen LogP contribution in [0.4, 0.5) is 5.13 Å². The largest absolute Gasteiger partial charge is 0.354 e. The summed E-state index contributed by atoms with van der Waals surface area (Å²) in [4.78, 5) is 0. The van der Waals surface area contributed by atoms with E-state index in [0.717, 1.165) is 15.7 Å². The Bertz CT molecular complexity index is 430. The maximum Gasteiger partial charge on any atom is 0.205 e. The number of hydrogen-bond donors (Lipinski definition) is 1. The summed E-state index contributed by atoms with van der Waals surface area (Å²) in [5, 5.41) is 12.5. The van der Waals surface area contributed by atoms with Gasteiger partial charge in [0, 0.05) is 5.02 Å². The van der Waals surface area contributed by atoms with Crippen molar-refractivity contribution >= 4 is 28.1 Å². The Kier molecular flexibility index (Phi) is 3.18. The number of hydrogen-bond acceptors (Lipinski definition) is 4. The van der Waals surface area contributed by atoms with Crippen molar-refractivity contribution in [1.29, 1.82) is 0 Å². The van der Waals surface area contributed by atoms with Gasteiger partial charge in [0.15, 0.2) is 0 Å². The van der Waals surface area contributed by atoms with Gasteiger partial charge in [0.25, 0.3) is 0 Å². The number of nitrogens with zero attached hydrogens (tertiary/aromatic N) is 2. The minimum Gasteiger partial charge on any atom is -0.354 e. The second-order valence-corrected chi connectivity index (χ2v) is 4.37. The first-order chi connectivity index (χ1) is 7.27. The minimum atomic E-state index is 0.131. The van der Waals surface area contributed by atoms with Crippen LogP contribution in [0.2, 0.25) is 5.02 Å². The first kappa shape index (κ1) is 10.4. The SMILES string of the molecule is CC(Nc1nncs1)c1ccccc1Cl. The molecule has 2 aromatic rings. The first-order valence-electron chi connectivity index (χ1n) is 4.54. The Morgan fingerprint density at radius 2 is 2.20 bits per heavy atom. The Morgan fingerprint density at radius 3 is 2.87 bits per heavy atom. The van der Waals surface area contributed by atoms with E-state index in [2.05, 4.69) is 15.5 Å². The lowest BCUT2D eigenvalue weighted by Gasteiger charge is -2.14. The molecule has 1 N–H and O–H groups in total. The summed E-state index contributed by atoms with van der Waals surface area (Å²) in [5.74, 6) is 0. The molecule has 0 fully saturated rings. The molecule has 0 aliphatic heterocycles. The molecule has 1 aromatic heterocycles. The van der Waals surface area contributed by atoms with E-state index in [0.29, 0.717) is 0 Å². The highest BCUT2D eigenvalue weighted by atomic mass is 35.5. The number of nitrogens with one attached hydrogen (secondary N) is 1. The molecule has 0 amide bonds. The molecule has 3 nitrogen and oxygen atoms in total. The second-order valence-electron chi connectivity index (χ2n) is 3.13. The molecular weight excluding hydrogens is 230 g/mol. The molecule has 0 saturated heterocycles. The lowest BCUT2D eigenvalue weighted by molar-refractivity contribution is 0.874. The third-order valence-corrected chi connectivity index (χ3v) is 3.04. The number of halogens is 1. The highest BCUT2D eigenvalue weighted by Gasteiger charge is 2.09. The Labute approximate surface area is 97.1 Å². The summed E-state index contributed by atoms with van der Waals surface area (Å²) in [5.41, 5.74) is 2.76. The zero-order chi connectivity index (χ0) is 10.7. The van der Waals surface area contributed by atoms with Crippen LogP contribution < -0.4 is 5.32 Å². The normalized spacial score (nSPS) is 12.4. The van der Waals surface area contributed by atoms with E-state index < -0.39 is 0 Å². The second kappa shape index (κ2) is 4.59. The molecule has 1 atom stereocenters. The fourth-order valence-corrected chi connectivity index (χ4v) is 2.16. The Balaban J connectivity index is 2.15. The van der Waals surface area contributed by atoms with E-state index in [1.807, 2.05) is 31.2 Å². The maximum atomic E-state index is 6.09. The molecule has 2 rings (SSSR count).